The number of nitrogens with zero attached hydrogens (tertiary/aromatic N) is 2. The van der Waals surface area contributed by atoms with Crippen LogP contribution in [-0.2, 0) is 9.53 Å². The van der Waals surface area contributed by atoms with Crippen LogP contribution in [0.3, 0.4) is 0 Å². The Bertz CT molecular complexity index is 601. The van der Waals surface area contributed by atoms with Crippen molar-refractivity contribution in [1.29, 1.82) is 0 Å². The van der Waals surface area contributed by atoms with E-state index >= 15 is 0 Å². The van der Waals surface area contributed by atoms with Crippen LogP contribution >= 0.6 is 11.6 Å². The fourth-order valence-corrected chi connectivity index (χ4v) is 2.09. The molecule has 0 saturated carbocycles. The van der Waals surface area contributed by atoms with Crippen molar-refractivity contribution in [1.82, 2.24) is 4.98 Å². The van der Waals surface area contributed by atoms with E-state index in [0.717, 1.165) is 16.6 Å². The molecule has 0 spiro atoms. The fraction of sp³-hybridized carbons (Fsp3) is 0.286. The van der Waals surface area contributed by atoms with Crippen molar-refractivity contribution >= 4 is 34.2 Å². The zero-order valence-electron chi connectivity index (χ0n) is 10.9. The summed E-state index contributed by atoms with van der Waals surface area (Å²) in [6.45, 7) is 0.592. The van der Waals surface area contributed by atoms with Crippen LogP contribution in [0.5, 0.6) is 0 Å². The number of carbonyl (C=O) groups excluding carboxylic acids is 1. The van der Waals surface area contributed by atoms with Crippen LogP contribution in [0.4, 0.5) is 5.69 Å². The van der Waals surface area contributed by atoms with Crippen molar-refractivity contribution in [2.75, 3.05) is 25.6 Å². The van der Waals surface area contributed by atoms with Gasteiger partial charge in [-0.05, 0) is 24.3 Å². The number of halogens is 1. The number of esters is 1. The van der Waals surface area contributed by atoms with Crippen molar-refractivity contribution in [3.05, 3.63) is 35.5 Å². The van der Waals surface area contributed by atoms with E-state index in [1.165, 1.54) is 7.11 Å². The van der Waals surface area contributed by atoms with E-state index < -0.39 is 0 Å². The van der Waals surface area contributed by atoms with Crippen molar-refractivity contribution < 1.29 is 9.53 Å². The molecule has 5 heteroatoms. The summed E-state index contributed by atoms with van der Waals surface area (Å²) in [6, 6.07) is 7.53. The minimum atomic E-state index is -0.215. The lowest BCUT2D eigenvalue weighted by Crippen LogP contribution is -2.21. The fourth-order valence-electron chi connectivity index (χ4n) is 1.92. The zero-order valence-corrected chi connectivity index (χ0v) is 11.6. The summed E-state index contributed by atoms with van der Waals surface area (Å²) in [4.78, 5) is 17.5. The van der Waals surface area contributed by atoms with E-state index in [9.17, 15) is 4.79 Å². The van der Waals surface area contributed by atoms with E-state index in [-0.39, 0.29) is 5.97 Å². The minimum absolute atomic E-state index is 0.215. The Labute approximate surface area is 116 Å². The molecule has 100 valence electrons. The third-order valence-corrected chi connectivity index (χ3v) is 3.21. The second kappa shape index (κ2) is 5.89. The number of hydrogen-bond donors (Lipinski definition) is 0. The molecule has 1 aromatic carbocycles. The molecule has 19 heavy (non-hydrogen) atoms. The molecule has 0 N–H and O–H groups in total. The first-order chi connectivity index (χ1) is 9.11. The molecule has 2 rings (SSSR count). The van der Waals surface area contributed by atoms with Crippen LogP contribution in [0.15, 0.2) is 30.5 Å². The number of hydrogen-bond acceptors (Lipinski definition) is 4. The van der Waals surface area contributed by atoms with E-state index in [0.29, 0.717) is 18.0 Å². The summed E-state index contributed by atoms with van der Waals surface area (Å²) in [6.07, 6.45) is 2.09. The summed E-state index contributed by atoms with van der Waals surface area (Å²) < 4.78 is 4.64. The van der Waals surface area contributed by atoms with E-state index in [4.69, 9.17) is 11.6 Å². The Kier molecular flexibility index (Phi) is 4.22. The van der Waals surface area contributed by atoms with Gasteiger partial charge in [-0.1, -0.05) is 11.6 Å². The topological polar surface area (TPSA) is 42.4 Å². The maximum absolute atomic E-state index is 11.2. The van der Waals surface area contributed by atoms with Gasteiger partial charge in [0, 0.05) is 35.9 Å². The van der Waals surface area contributed by atoms with Gasteiger partial charge in [-0.3, -0.25) is 9.78 Å². The van der Waals surface area contributed by atoms with Crippen molar-refractivity contribution in [3.63, 3.8) is 0 Å². The molecule has 0 bridgehead atoms. The van der Waals surface area contributed by atoms with Gasteiger partial charge in [-0.15, -0.1) is 0 Å². The lowest BCUT2D eigenvalue weighted by Gasteiger charge is -2.20. The first-order valence-electron chi connectivity index (χ1n) is 5.94. The molecule has 0 radical (unpaired) electrons. The molecular formula is C14H15ClN2O2. The first kappa shape index (κ1) is 13.6. The van der Waals surface area contributed by atoms with Gasteiger partial charge in [0.1, 0.15) is 0 Å². The van der Waals surface area contributed by atoms with Crippen molar-refractivity contribution in [2.24, 2.45) is 0 Å². The quantitative estimate of drug-likeness (QED) is 0.807. The molecule has 1 heterocycles. The highest BCUT2D eigenvalue weighted by Gasteiger charge is 2.09. The molecule has 0 amide bonds. The predicted molar refractivity (Wildman–Crippen MR) is 76.7 cm³/mol. The van der Waals surface area contributed by atoms with E-state index in [1.54, 1.807) is 6.20 Å². The highest BCUT2D eigenvalue weighted by atomic mass is 35.5. The molecule has 0 unspecified atom stereocenters. The molecule has 0 atom stereocenters. The summed E-state index contributed by atoms with van der Waals surface area (Å²) in [5.74, 6) is -0.215. The Morgan fingerprint density at radius 3 is 2.95 bits per heavy atom. The SMILES string of the molecule is COC(=O)CCN(C)c1ccnc2cc(Cl)ccc12. The Morgan fingerprint density at radius 2 is 2.21 bits per heavy atom. The van der Waals surface area contributed by atoms with Crippen LogP contribution in [0.2, 0.25) is 5.02 Å². The van der Waals surface area contributed by atoms with Crippen LogP contribution in [0.25, 0.3) is 10.9 Å². The third-order valence-electron chi connectivity index (χ3n) is 2.97. The number of ether oxygens (including phenoxy) is 1. The molecule has 4 nitrogen and oxygen atoms in total. The van der Waals surface area contributed by atoms with Crippen LogP contribution < -0.4 is 4.90 Å². The van der Waals surface area contributed by atoms with Gasteiger partial charge in [-0.25, -0.2) is 0 Å². The summed E-state index contributed by atoms with van der Waals surface area (Å²) in [5.41, 5.74) is 1.86. The lowest BCUT2D eigenvalue weighted by molar-refractivity contribution is -0.140. The van der Waals surface area contributed by atoms with Crippen LogP contribution in [0.1, 0.15) is 6.42 Å². The maximum Gasteiger partial charge on any atom is 0.307 e. The van der Waals surface area contributed by atoms with Gasteiger partial charge >= 0.3 is 5.97 Å². The predicted octanol–water partition coefficient (Wildman–Crippen LogP) is 2.89. The van der Waals surface area contributed by atoms with Gasteiger partial charge in [0.15, 0.2) is 0 Å². The monoisotopic (exact) mass is 278 g/mol. The number of benzene rings is 1. The van der Waals surface area contributed by atoms with Crippen molar-refractivity contribution in [2.45, 2.75) is 6.42 Å². The largest absolute Gasteiger partial charge is 0.469 e. The number of rotatable bonds is 4. The highest BCUT2D eigenvalue weighted by molar-refractivity contribution is 6.31. The third kappa shape index (κ3) is 3.15. The summed E-state index contributed by atoms with van der Waals surface area (Å²) in [5, 5.41) is 1.67. The van der Waals surface area contributed by atoms with Gasteiger partial charge in [0.2, 0.25) is 0 Å². The van der Waals surface area contributed by atoms with Gasteiger partial charge in [0.25, 0.3) is 0 Å². The minimum Gasteiger partial charge on any atom is -0.469 e. The molecule has 0 fully saturated rings. The second-order valence-corrected chi connectivity index (χ2v) is 4.68. The number of fused-ring (bicyclic) bond motifs is 1. The van der Waals surface area contributed by atoms with Crippen LogP contribution in [0, 0.1) is 0 Å². The van der Waals surface area contributed by atoms with Gasteiger partial charge in [-0.2, -0.15) is 0 Å². The van der Waals surface area contributed by atoms with Gasteiger partial charge in [0.05, 0.1) is 19.0 Å². The molecule has 0 saturated heterocycles. The number of carbonyl (C=O) groups is 1. The number of anilines is 1. The number of aromatic nitrogens is 1. The molecule has 2 aromatic rings. The van der Waals surface area contributed by atoms with Crippen molar-refractivity contribution in [3.8, 4) is 0 Å². The molecule has 1 aromatic heterocycles. The Balaban J connectivity index is 2.26. The zero-order chi connectivity index (χ0) is 13.8. The van der Waals surface area contributed by atoms with Crippen LogP contribution in [-0.4, -0.2) is 31.7 Å². The molecule has 0 aliphatic carbocycles. The van der Waals surface area contributed by atoms with E-state index in [2.05, 4.69) is 9.72 Å². The standard InChI is InChI=1S/C14H15ClN2O2/c1-17(8-6-14(18)19-2)13-5-7-16-12-9-10(15)3-4-11(12)13/h3-5,7,9H,6,8H2,1-2H3. The molecule has 0 aliphatic heterocycles. The Morgan fingerprint density at radius 1 is 1.42 bits per heavy atom. The lowest BCUT2D eigenvalue weighted by atomic mass is 10.1. The maximum atomic E-state index is 11.2. The van der Waals surface area contributed by atoms with E-state index in [1.807, 2.05) is 36.2 Å². The first-order valence-corrected chi connectivity index (χ1v) is 6.32. The van der Waals surface area contributed by atoms with Gasteiger partial charge < -0.3 is 9.64 Å². The number of pyridine rings is 1. The normalized spacial score (nSPS) is 10.5. The molecule has 0 aliphatic rings. The highest BCUT2D eigenvalue weighted by Crippen LogP contribution is 2.26. The second-order valence-electron chi connectivity index (χ2n) is 4.24. The average Bonchev–Trinajstić information content (AvgIpc) is 2.43. The number of methoxy groups -OCH3 is 1. The summed E-state index contributed by atoms with van der Waals surface area (Å²) >= 11 is 5.96. The average molecular weight is 279 g/mol. The molecular weight excluding hydrogens is 264 g/mol. The smallest absolute Gasteiger partial charge is 0.307 e. The Hall–Kier alpha value is -1.81. The summed E-state index contributed by atoms with van der Waals surface area (Å²) in [7, 11) is 3.33.